The zero-order valence-corrected chi connectivity index (χ0v) is 23.3. The maximum atomic E-state index is 10.4. The van der Waals surface area contributed by atoms with Crippen LogP contribution in [0.5, 0.6) is 0 Å². The molecule has 33 heavy (non-hydrogen) atoms. The van der Waals surface area contributed by atoms with E-state index in [0.29, 0.717) is 18.4 Å². The largest absolute Gasteiger partial charge is 0.388 e. The molecule has 0 aliphatic heterocycles. The first-order chi connectivity index (χ1) is 15.3. The van der Waals surface area contributed by atoms with Gasteiger partial charge in [0.15, 0.2) is 0 Å². The fraction of sp³-hybridized carbons (Fsp3) is 0.800. The van der Waals surface area contributed by atoms with Gasteiger partial charge in [-0.05, 0) is 98.3 Å². The van der Waals surface area contributed by atoms with E-state index in [0.717, 1.165) is 44.3 Å². The minimum absolute atomic E-state index is 0.0601. The standard InChI is InChI=1S/C30H56O3/c1-11-25(4)17-18-28(30(9,10)31)32-22-19-27(6)16-13-21-29(7,8)33-23-20-26(5)15-12-14-24(2)3/h11,14,26-28,31H,1,4,12-13,15-23H2,2-3,5-10H3. The van der Waals surface area contributed by atoms with Crippen molar-refractivity contribution in [3.63, 3.8) is 0 Å². The quantitative estimate of drug-likeness (QED) is 0.145. The summed E-state index contributed by atoms with van der Waals surface area (Å²) in [7, 11) is 0. The van der Waals surface area contributed by atoms with Crippen molar-refractivity contribution < 1.29 is 14.6 Å². The molecule has 0 rings (SSSR count). The number of allylic oxidation sites excluding steroid dienone is 4. The van der Waals surface area contributed by atoms with Crippen LogP contribution in [0, 0.1) is 11.8 Å². The van der Waals surface area contributed by atoms with Crippen LogP contribution >= 0.6 is 0 Å². The summed E-state index contributed by atoms with van der Waals surface area (Å²) in [5.41, 5.74) is 1.49. The Hall–Kier alpha value is -0.900. The van der Waals surface area contributed by atoms with Gasteiger partial charge in [0.25, 0.3) is 0 Å². The molecule has 0 fully saturated rings. The molecular weight excluding hydrogens is 408 g/mol. The number of rotatable bonds is 20. The van der Waals surface area contributed by atoms with Gasteiger partial charge >= 0.3 is 0 Å². The predicted octanol–water partition coefficient (Wildman–Crippen LogP) is 8.43. The summed E-state index contributed by atoms with van der Waals surface area (Å²) in [5.74, 6) is 1.31. The Balaban J connectivity index is 4.12. The second-order valence-electron chi connectivity index (χ2n) is 11.6. The van der Waals surface area contributed by atoms with Crippen LogP contribution in [0.3, 0.4) is 0 Å². The van der Waals surface area contributed by atoms with Crippen LogP contribution in [-0.2, 0) is 9.47 Å². The van der Waals surface area contributed by atoms with Gasteiger partial charge in [0.2, 0.25) is 0 Å². The molecule has 1 N–H and O–H groups in total. The third-order valence-electron chi connectivity index (χ3n) is 6.53. The van der Waals surface area contributed by atoms with Crippen molar-refractivity contribution in [1.82, 2.24) is 0 Å². The second kappa shape index (κ2) is 16.7. The average Bonchev–Trinajstić information content (AvgIpc) is 2.68. The lowest BCUT2D eigenvalue weighted by atomic mass is 9.94. The maximum Gasteiger partial charge on any atom is 0.0859 e. The van der Waals surface area contributed by atoms with Gasteiger partial charge in [0.1, 0.15) is 0 Å². The van der Waals surface area contributed by atoms with Crippen LogP contribution in [-0.4, -0.2) is 35.6 Å². The Kier molecular flexibility index (Phi) is 16.2. The van der Waals surface area contributed by atoms with E-state index < -0.39 is 5.60 Å². The van der Waals surface area contributed by atoms with E-state index in [2.05, 4.69) is 60.8 Å². The van der Waals surface area contributed by atoms with Gasteiger partial charge in [-0.1, -0.05) is 63.1 Å². The van der Waals surface area contributed by atoms with Crippen LogP contribution in [0.2, 0.25) is 0 Å². The van der Waals surface area contributed by atoms with Crippen molar-refractivity contribution in [3.05, 3.63) is 36.5 Å². The molecule has 0 amide bonds. The molecule has 0 saturated carbocycles. The summed E-state index contributed by atoms with van der Waals surface area (Å²) in [4.78, 5) is 0. The number of aliphatic hydroxyl groups is 1. The third kappa shape index (κ3) is 18.1. The molecule has 0 aromatic heterocycles. The van der Waals surface area contributed by atoms with E-state index in [-0.39, 0.29) is 11.7 Å². The van der Waals surface area contributed by atoms with Gasteiger partial charge in [-0.2, -0.15) is 0 Å². The molecule has 0 saturated heterocycles. The Labute approximate surface area is 206 Å². The summed E-state index contributed by atoms with van der Waals surface area (Å²) < 4.78 is 12.3. The molecule has 3 heteroatoms. The Morgan fingerprint density at radius 1 is 0.939 bits per heavy atom. The van der Waals surface area contributed by atoms with E-state index in [4.69, 9.17) is 9.47 Å². The van der Waals surface area contributed by atoms with Gasteiger partial charge in [-0.15, -0.1) is 0 Å². The molecule has 0 radical (unpaired) electrons. The molecule has 0 aliphatic rings. The van der Waals surface area contributed by atoms with Crippen molar-refractivity contribution in [2.75, 3.05) is 13.2 Å². The van der Waals surface area contributed by atoms with Crippen LogP contribution in [0.1, 0.15) is 113 Å². The first-order valence-corrected chi connectivity index (χ1v) is 13.2. The second-order valence-corrected chi connectivity index (χ2v) is 11.6. The molecule has 0 aliphatic carbocycles. The van der Waals surface area contributed by atoms with Crippen LogP contribution in [0.15, 0.2) is 36.5 Å². The minimum atomic E-state index is -0.852. The van der Waals surface area contributed by atoms with Gasteiger partial charge in [0.05, 0.1) is 17.3 Å². The van der Waals surface area contributed by atoms with Crippen molar-refractivity contribution in [2.24, 2.45) is 11.8 Å². The Bertz CT molecular complexity index is 564. The van der Waals surface area contributed by atoms with Crippen molar-refractivity contribution in [1.29, 1.82) is 0 Å². The molecule has 194 valence electrons. The van der Waals surface area contributed by atoms with E-state index in [1.807, 2.05) is 13.8 Å². The first-order valence-electron chi connectivity index (χ1n) is 13.2. The zero-order valence-electron chi connectivity index (χ0n) is 23.3. The average molecular weight is 465 g/mol. The highest BCUT2D eigenvalue weighted by Crippen LogP contribution is 2.24. The van der Waals surface area contributed by atoms with E-state index in [1.165, 1.54) is 31.3 Å². The summed E-state index contributed by atoms with van der Waals surface area (Å²) >= 11 is 0. The molecular formula is C30H56O3. The molecule has 0 aromatic rings. The van der Waals surface area contributed by atoms with E-state index in [9.17, 15) is 5.11 Å². The van der Waals surface area contributed by atoms with Gasteiger partial charge < -0.3 is 14.6 Å². The first kappa shape index (κ1) is 32.1. The number of hydrogen-bond donors (Lipinski definition) is 1. The highest BCUT2D eigenvalue weighted by atomic mass is 16.5. The number of hydrogen-bond acceptors (Lipinski definition) is 3. The third-order valence-corrected chi connectivity index (χ3v) is 6.53. The topological polar surface area (TPSA) is 38.7 Å². The normalized spacial score (nSPS) is 15.1. The van der Waals surface area contributed by atoms with Crippen LogP contribution < -0.4 is 0 Å². The Morgan fingerprint density at radius 2 is 1.55 bits per heavy atom. The smallest absolute Gasteiger partial charge is 0.0859 e. The predicted molar refractivity (Wildman–Crippen MR) is 145 cm³/mol. The maximum absolute atomic E-state index is 10.4. The summed E-state index contributed by atoms with van der Waals surface area (Å²) in [6.45, 7) is 26.3. The summed E-state index contributed by atoms with van der Waals surface area (Å²) in [5, 5.41) is 10.4. The van der Waals surface area contributed by atoms with E-state index in [1.54, 1.807) is 6.08 Å². The zero-order chi connectivity index (χ0) is 25.5. The van der Waals surface area contributed by atoms with Crippen LogP contribution in [0.4, 0.5) is 0 Å². The molecule has 0 aromatic carbocycles. The van der Waals surface area contributed by atoms with Gasteiger partial charge in [-0.3, -0.25) is 0 Å². The fourth-order valence-electron chi connectivity index (χ4n) is 3.90. The van der Waals surface area contributed by atoms with Crippen molar-refractivity contribution >= 4 is 0 Å². The monoisotopic (exact) mass is 464 g/mol. The highest BCUT2D eigenvalue weighted by Gasteiger charge is 2.27. The lowest BCUT2D eigenvalue weighted by Gasteiger charge is -2.30. The number of ether oxygens (including phenoxy) is 2. The van der Waals surface area contributed by atoms with Crippen molar-refractivity contribution in [3.8, 4) is 0 Å². The van der Waals surface area contributed by atoms with Crippen LogP contribution in [0.25, 0.3) is 0 Å². The molecule has 3 unspecified atom stereocenters. The highest BCUT2D eigenvalue weighted by molar-refractivity contribution is 5.10. The summed E-state index contributed by atoms with van der Waals surface area (Å²) in [6.07, 6.45) is 13.5. The van der Waals surface area contributed by atoms with Gasteiger partial charge in [0, 0.05) is 13.2 Å². The molecule has 0 spiro atoms. The van der Waals surface area contributed by atoms with Gasteiger partial charge in [-0.25, -0.2) is 0 Å². The molecule has 0 heterocycles. The Morgan fingerprint density at radius 3 is 2.12 bits per heavy atom. The fourth-order valence-corrected chi connectivity index (χ4v) is 3.90. The minimum Gasteiger partial charge on any atom is -0.388 e. The lowest BCUT2D eigenvalue weighted by molar-refractivity contribution is -0.0935. The van der Waals surface area contributed by atoms with Crippen molar-refractivity contribution in [2.45, 2.75) is 130 Å². The van der Waals surface area contributed by atoms with E-state index >= 15 is 0 Å². The summed E-state index contributed by atoms with van der Waals surface area (Å²) in [6, 6.07) is 0. The molecule has 3 nitrogen and oxygen atoms in total. The lowest BCUT2D eigenvalue weighted by Crippen LogP contribution is -2.38. The molecule has 3 atom stereocenters. The SMILES string of the molecule is C=CC(=C)CCC(OCCC(C)CCCC(C)(C)OCCC(C)CCC=C(C)C)C(C)(C)O. The molecule has 0 bridgehead atoms.